The predicted octanol–water partition coefficient (Wildman–Crippen LogP) is 4.67. The van der Waals surface area contributed by atoms with Crippen molar-refractivity contribution in [1.82, 2.24) is 4.90 Å². The molecule has 5 nitrogen and oxygen atoms in total. The lowest BCUT2D eigenvalue weighted by atomic mass is 10.1. The van der Waals surface area contributed by atoms with Crippen LogP contribution in [0.2, 0.25) is 5.02 Å². The second kappa shape index (κ2) is 8.32. The number of carbonyl (C=O) groups excluding carboxylic acids is 1. The van der Waals surface area contributed by atoms with Crippen LogP contribution in [0.5, 0.6) is 5.75 Å². The molecule has 1 fully saturated rings. The van der Waals surface area contributed by atoms with Crippen molar-refractivity contribution >= 4 is 27.3 Å². The Morgan fingerprint density at radius 3 is 2.39 bits per heavy atom. The van der Waals surface area contributed by atoms with E-state index in [-0.39, 0.29) is 22.1 Å². The van der Waals surface area contributed by atoms with E-state index in [1.807, 2.05) is 6.07 Å². The van der Waals surface area contributed by atoms with Gasteiger partial charge in [0.2, 0.25) is 0 Å². The van der Waals surface area contributed by atoms with Gasteiger partial charge in [-0.25, -0.2) is 12.8 Å². The van der Waals surface area contributed by atoms with Crippen LogP contribution in [0.4, 0.5) is 4.39 Å². The van der Waals surface area contributed by atoms with Crippen molar-refractivity contribution in [2.24, 2.45) is 0 Å². The highest BCUT2D eigenvalue weighted by Gasteiger charge is 2.26. The third kappa shape index (κ3) is 4.29. The Labute approximate surface area is 184 Å². The van der Waals surface area contributed by atoms with Crippen LogP contribution >= 0.6 is 11.6 Å². The molecule has 8 heteroatoms. The summed E-state index contributed by atoms with van der Waals surface area (Å²) in [4.78, 5) is 13.6. The maximum atomic E-state index is 14.5. The van der Waals surface area contributed by atoms with Gasteiger partial charge in [-0.3, -0.25) is 4.79 Å². The van der Waals surface area contributed by atoms with Crippen LogP contribution in [0.1, 0.15) is 22.3 Å². The summed E-state index contributed by atoms with van der Waals surface area (Å²) in [5.41, 5.74) is 1.42. The van der Waals surface area contributed by atoms with Gasteiger partial charge in [0.1, 0.15) is 16.5 Å². The third-order valence-corrected chi connectivity index (χ3v) is 7.21. The molecule has 160 valence electrons. The van der Waals surface area contributed by atoms with Crippen LogP contribution in [-0.2, 0) is 15.6 Å². The number of sulfone groups is 1. The van der Waals surface area contributed by atoms with E-state index in [0.29, 0.717) is 18.7 Å². The molecule has 1 amide bonds. The molecule has 1 aliphatic heterocycles. The summed E-state index contributed by atoms with van der Waals surface area (Å²) >= 11 is 6.05. The molecule has 0 bridgehead atoms. The number of phenolic OH excluding ortho intramolecular Hbond substituents is 1. The van der Waals surface area contributed by atoms with Gasteiger partial charge >= 0.3 is 0 Å². The first-order valence-electron chi connectivity index (χ1n) is 9.64. The first-order chi connectivity index (χ1) is 14.8. The number of rotatable bonds is 5. The van der Waals surface area contributed by atoms with Crippen LogP contribution < -0.4 is 0 Å². The molecule has 0 spiro atoms. The molecule has 1 saturated heterocycles. The lowest BCUT2D eigenvalue weighted by Gasteiger charge is -2.31. The summed E-state index contributed by atoms with van der Waals surface area (Å²) in [6, 6.07) is 15.5. The molecular formula is C23H19ClFNO4S. The fourth-order valence-electron chi connectivity index (χ4n) is 3.43. The van der Waals surface area contributed by atoms with Crippen LogP contribution in [0, 0.1) is 5.82 Å². The van der Waals surface area contributed by atoms with E-state index in [9.17, 15) is 22.7 Å². The zero-order valence-corrected chi connectivity index (χ0v) is 18.0. The summed E-state index contributed by atoms with van der Waals surface area (Å²) < 4.78 is 40.6. The quantitative estimate of drug-likeness (QED) is 0.601. The van der Waals surface area contributed by atoms with Gasteiger partial charge in [0.15, 0.2) is 9.84 Å². The Morgan fingerprint density at radius 1 is 1.03 bits per heavy atom. The second-order valence-corrected chi connectivity index (χ2v) is 9.75. The van der Waals surface area contributed by atoms with Crippen LogP contribution in [0.25, 0.3) is 11.1 Å². The minimum atomic E-state index is -4.19. The standard InChI is InChI=1S/C23H19ClFNO4S/c24-19-12-17(23(28)26-9-4-10-26)11-18(22(19)27)14-31(29,30)21-13-16(7-8-20(21)25)15-5-2-1-3-6-15/h1-3,5-8,11-13,27H,4,9-10,14H2. The summed E-state index contributed by atoms with van der Waals surface area (Å²) in [6.07, 6.45) is 0.899. The Bertz CT molecular complexity index is 1260. The molecule has 0 saturated carbocycles. The van der Waals surface area contributed by atoms with Crippen molar-refractivity contribution in [2.75, 3.05) is 13.1 Å². The SMILES string of the molecule is O=C(c1cc(Cl)c(O)c(CS(=O)(=O)c2cc(-c3ccccc3)ccc2F)c1)N1CCC1. The Morgan fingerprint density at radius 2 is 1.74 bits per heavy atom. The summed E-state index contributed by atoms with van der Waals surface area (Å²) in [6.45, 7) is 1.23. The molecule has 0 atom stereocenters. The van der Waals surface area contributed by atoms with E-state index in [1.54, 1.807) is 29.2 Å². The zero-order chi connectivity index (χ0) is 22.2. The van der Waals surface area contributed by atoms with Gasteiger partial charge in [-0.2, -0.15) is 0 Å². The van der Waals surface area contributed by atoms with Gasteiger partial charge in [-0.1, -0.05) is 48.0 Å². The van der Waals surface area contributed by atoms with Crippen molar-refractivity contribution in [2.45, 2.75) is 17.1 Å². The highest BCUT2D eigenvalue weighted by atomic mass is 35.5. The van der Waals surface area contributed by atoms with Gasteiger partial charge in [0.25, 0.3) is 5.91 Å². The normalized spacial score (nSPS) is 13.7. The Balaban J connectivity index is 1.71. The molecule has 1 aliphatic rings. The average molecular weight is 460 g/mol. The number of likely N-dealkylation sites (tertiary alicyclic amines) is 1. The zero-order valence-electron chi connectivity index (χ0n) is 16.4. The molecule has 1 heterocycles. The number of phenols is 1. The van der Waals surface area contributed by atoms with Crippen LogP contribution in [-0.4, -0.2) is 37.4 Å². The first-order valence-corrected chi connectivity index (χ1v) is 11.7. The second-order valence-electron chi connectivity index (χ2n) is 7.38. The molecule has 3 aromatic rings. The van der Waals surface area contributed by atoms with Crippen molar-refractivity contribution in [3.05, 3.63) is 82.6 Å². The molecule has 4 rings (SSSR count). The Kier molecular flexibility index (Phi) is 5.73. The number of aromatic hydroxyl groups is 1. The minimum absolute atomic E-state index is 0.0547. The van der Waals surface area contributed by atoms with Gasteiger partial charge in [-0.15, -0.1) is 0 Å². The Hall–Kier alpha value is -2.90. The van der Waals surface area contributed by atoms with E-state index in [0.717, 1.165) is 18.1 Å². The molecular weight excluding hydrogens is 441 g/mol. The largest absolute Gasteiger partial charge is 0.506 e. The lowest BCUT2D eigenvalue weighted by molar-refractivity contribution is 0.0651. The van der Waals surface area contributed by atoms with Gasteiger partial charge in [0.05, 0.1) is 10.8 Å². The van der Waals surface area contributed by atoms with Gasteiger partial charge < -0.3 is 10.0 Å². The molecule has 0 unspecified atom stereocenters. The summed E-state index contributed by atoms with van der Waals surface area (Å²) in [5, 5.41) is 10.2. The minimum Gasteiger partial charge on any atom is -0.506 e. The van der Waals surface area contributed by atoms with E-state index in [4.69, 9.17) is 11.6 Å². The molecule has 3 aromatic carbocycles. The number of amides is 1. The maximum absolute atomic E-state index is 14.5. The molecule has 1 N–H and O–H groups in total. The molecule has 0 radical (unpaired) electrons. The summed E-state index contributed by atoms with van der Waals surface area (Å²) in [5.74, 6) is -2.32. The van der Waals surface area contributed by atoms with Crippen molar-refractivity contribution in [3.63, 3.8) is 0 Å². The van der Waals surface area contributed by atoms with Gasteiger partial charge in [-0.05, 0) is 41.8 Å². The number of carbonyl (C=O) groups is 1. The van der Waals surface area contributed by atoms with E-state index >= 15 is 0 Å². The number of halogens is 2. The van der Waals surface area contributed by atoms with Crippen LogP contribution in [0.3, 0.4) is 0 Å². The smallest absolute Gasteiger partial charge is 0.253 e. The lowest BCUT2D eigenvalue weighted by Crippen LogP contribution is -2.42. The number of benzene rings is 3. The fraction of sp³-hybridized carbons (Fsp3) is 0.174. The van der Waals surface area contributed by atoms with E-state index in [1.165, 1.54) is 24.3 Å². The molecule has 0 aliphatic carbocycles. The number of nitrogens with zero attached hydrogens (tertiary/aromatic N) is 1. The van der Waals surface area contributed by atoms with Crippen molar-refractivity contribution < 1.29 is 22.7 Å². The number of hydrogen-bond acceptors (Lipinski definition) is 4. The first kappa shape index (κ1) is 21.3. The summed E-state index contributed by atoms with van der Waals surface area (Å²) in [7, 11) is -4.19. The average Bonchev–Trinajstić information content (AvgIpc) is 2.70. The van der Waals surface area contributed by atoms with Gasteiger partial charge in [0, 0.05) is 24.2 Å². The number of hydrogen-bond donors (Lipinski definition) is 1. The highest BCUT2D eigenvalue weighted by molar-refractivity contribution is 7.90. The monoisotopic (exact) mass is 459 g/mol. The topological polar surface area (TPSA) is 74.7 Å². The fourth-order valence-corrected chi connectivity index (χ4v) is 5.12. The van der Waals surface area contributed by atoms with E-state index < -0.39 is 32.1 Å². The maximum Gasteiger partial charge on any atom is 0.253 e. The molecule has 31 heavy (non-hydrogen) atoms. The highest BCUT2D eigenvalue weighted by Crippen LogP contribution is 2.34. The van der Waals surface area contributed by atoms with Crippen molar-refractivity contribution in [3.8, 4) is 16.9 Å². The van der Waals surface area contributed by atoms with Crippen molar-refractivity contribution in [1.29, 1.82) is 0 Å². The third-order valence-electron chi connectivity index (χ3n) is 5.25. The predicted molar refractivity (Wildman–Crippen MR) is 116 cm³/mol. The van der Waals surface area contributed by atoms with E-state index in [2.05, 4.69) is 0 Å². The molecule has 0 aromatic heterocycles. The van der Waals surface area contributed by atoms with Crippen LogP contribution in [0.15, 0.2) is 65.6 Å².